The van der Waals surface area contributed by atoms with Crippen molar-refractivity contribution in [1.82, 2.24) is 14.8 Å². The summed E-state index contributed by atoms with van der Waals surface area (Å²) in [6.07, 6.45) is 10.4. The van der Waals surface area contributed by atoms with Crippen LogP contribution in [0.25, 0.3) is 6.08 Å². The molecule has 0 bridgehead atoms. The molecule has 0 radical (unpaired) electrons. The second-order valence-corrected chi connectivity index (χ2v) is 8.93. The smallest absolute Gasteiger partial charge is 0.246 e. The lowest BCUT2D eigenvalue weighted by Gasteiger charge is -2.40. The van der Waals surface area contributed by atoms with E-state index in [0.717, 1.165) is 44.5 Å². The van der Waals surface area contributed by atoms with E-state index < -0.39 is 0 Å². The first-order valence-corrected chi connectivity index (χ1v) is 11.8. The first kappa shape index (κ1) is 22.9. The van der Waals surface area contributed by atoms with Gasteiger partial charge in [-0.25, -0.2) is 0 Å². The summed E-state index contributed by atoms with van der Waals surface area (Å²) in [7, 11) is 2.23. The molecule has 1 aliphatic rings. The summed E-state index contributed by atoms with van der Waals surface area (Å²) in [4.78, 5) is 21.4. The average Bonchev–Trinajstić information content (AvgIpc) is 2.88. The topological polar surface area (TPSA) is 36.4 Å². The van der Waals surface area contributed by atoms with Gasteiger partial charge in [-0.15, -0.1) is 0 Å². The maximum atomic E-state index is 12.7. The molecule has 170 valence electrons. The van der Waals surface area contributed by atoms with Gasteiger partial charge in [-0.3, -0.25) is 14.7 Å². The Balaban J connectivity index is 1.40. The van der Waals surface area contributed by atoms with Gasteiger partial charge in [0, 0.05) is 44.1 Å². The third kappa shape index (κ3) is 6.62. The number of likely N-dealkylation sites (tertiary alicyclic amines) is 1. The monoisotopic (exact) mass is 439 g/mol. The molecule has 0 saturated carbocycles. The quantitative estimate of drug-likeness (QED) is 0.460. The van der Waals surface area contributed by atoms with Crippen molar-refractivity contribution in [1.29, 1.82) is 0 Å². The first-order chi connectivity index (χ1) is 16.2. The number of hydrogen-bond acceptors (Lipinski definition) is 3. The number of carbonyl (C=O) groups excluding carboxylic acids is 1. The van der Waals surface area contributed by atoms with E-state index in [0.29, 0.717) is 12.0 Å². The summed E-state index contributed by atoms with van der Waals surface area (Å²) in [5, 5.41) is 0. The maximum Gasteiger partial charge on any atom is 0.246 e. The van der Waals surface area contributed by atoms with Gasteiger partial charge < -0.3 is 4.90 Å². The number of hydrogen-bond donors (Lipinski definition) is 0. The van der Waals surface area contributed by atoms with Crippen LogP contribution < -0.4 is 0 Å². The molecule has 0 aliphatic carbocycles. The maximum absolute atomic E-state index is 12.7. The summed E-state index contributed by atoms with van der Waals surface area (Å²) < 4.78 is 0. The minimum atomic E-state index is 0.113. The van der Waals surface area contributed by atoms with Crippen molar-refractivity contribution in [3.63, 3.8) is 0 Å². The molecule has 1 unspecified atom stereocenters. The summed E-state index contributed by atoms with van der Waals surface area (Å²) in [5.74, 6) is 0.668. The van der Waals surface area contributed by atoms with Crippen molar-refractivity contribution in [2.45, 2.75) is 31.8 Å². The molecule has 4 rings (SSSR count). The molecular formula is C29H33N3O. The van der Waals surface area contributed by atoms with Crippen LogP contribution in [0.5, 0.6) is 0 Å². The standard InChI is InChI=1S/C29H33N3O/c1-31(23-26-14-18-30-19-15-26)28(22-25-10-6-3-7-11-25)27-16-20-32(21-17-27)29(33)13-12-24-8-4-2-5-9-24/h2-15,18-19,27-28H,16-17,20-23H2,1H3/b13-12+. The molecule has 1 saturated heterocycles. The molecule has 1 fully saturated rings. The van der Waals surface area contributed by atoms with Gasteiger partial charge in [-0.2, -0.15) is 0 Å². The van der Waals surface area contributed by atoms with E-state index in [2.05, 4.69) is 59.4 Å². The number of aromatic nitrogens is 1. The average molecular weight is 440 g/mol. The van der Waals surface area contributed by atoms with E-state index in [9.17, 15) is 4.79 Å². The molecule has 2 heterocycles. The Kier molecular flexibility index (Phi) is 8.04. The van der Waals surface area contributed by atoms with Crippen molar-refractivity contribution in [3.05, 3.63) is 108 Å². The van der Waals surface area contributed by atoms with Gasteiger partial charge in [0.15, 0.2) is 0 Å². The molecule has 1 atom stereocenters. The number of carbonyl (C=O) groups is 1. The van der Waals surface area contributed by atoms with Crippen LogP contribution in [0.15, 0.2) is 91.3 Å². The molecular weight excluding hydrogens is 406 g/mol. The number of piperidine rings is 1. The number of likely N-dealkylation sites (N-methyl/N-ethyl adjacent to an activating group) is 1. The fourth-order valence-corrected chi connectivity index (χ4v) is 4.77. The zero-order valence-electron chi connectivity index (χ0n) is 19.4. The van der Waals surface area contributed by atoms with Gasteiger partial charge in [0.25, 0.3) is 0 Å². The highest BCUT2D eigenvalue weighted by molar-refractivity contribution is 5.91. The molecule has 1 aliphatic heterocycles. The van der Waals surface area contributed by atoms with Gasteiger partial charge in [-0.1, -0.05) is 60.7 Å². The lowest BCUT2D eigenvalue weighted by molar-refractivity contribution is -0.127. The fourth-order valence-electron chi connectivity index (χ4n) is 4.77. The summed E-state index contributed by atoms with van der Waals surface area (Å²) in [6.45, 7) is 2.53. The van der Waals surface area contributed by atoms with Crippen LogP contribution in [-0.4, -0.2) is 46.9 Å². The van der Waals surface area contributed by atoms with Gasteiger partial charge in [-0.05, 0) is 67.1 Å². The van der Waals surface area contributed by atoms with Crippen LogP contribution >= 0.6 is 0 Å². The third-order valence-corrected chi connectivity index (χ3v) is 6.65. The summed E-state index contributed by atoms with van der Waals surface area (Å²) >= 11 is 0. The Morgan fingerprint density at radius 2 is 1.61 bits per heavy atom. The van der Waals surface area contributed by atoms with Crippen molar-refractivity contribution in [2.24, 2.45) is 5.92 Å². The Morgan fingerprint density at radius 3 is 2.27 bits per heavy atom. The van der Waals surface area contributed by atoms with Crippen LogP contribution in [0.3, 0.4) is 0 Å². The number of nitrogens with zero attached hydrogens (tertiary/aromatic N) is 3. The number of amides is 1. The molecule has 4 heteroatoms. The lowest BCUT2D eigenvalue weighted by Crippen LogP contribution is -2.46. The molecule has 1 amide bonds. The number of benzene rings is 2. The minimum absolute atomic E-state index is 0.113. The van der Waals surface area contributed by atoms with Crippen LogP contribution in [0.4, 0.5) is 0 Å². The Morgan fingerprint density at radius 1 is 0.970 bits per heavy atom. The van der Waals surface area contributed by atoms with Crippen LogP contribution in [0.2, 0.25) is 0 Å². The van der Waals surface area contributed by atoms with E-state index >= 15 is 0 Å². The van der Waals surface area contributed by atoms with E-state index in [-0.39, 0.29) is 5.91 Å². The summed E-state index contributed by atoms with van der Waals surface area (Å²) in [5.41, 5.74) is 3.71. The lowest BCUT2D eigenvalue weighted by atomic mass is 9.84. The minimum Gasteiger partial charge on any atom is -0.339 e. The van der Waals surface area contributed by atoms with Crippen molar-refractivity contribution < 1.29 is 4.79 Å². The second-order valence-electron chi connectivity index (χ2n) is 8.93. The number of rotatable bonds is 8. The Bertz CT molecular complexity index is 1010. The molecule has 2 aromatic carbocycles. The highest BCUT2D eigenvalue weighted by Gasteiger charge is 2.30. The van der Waals surface area contributed by atoms with E-state index in [1.807, 2.05) is 53.7 Å². The molecule has 0 spiro atoms. The highest BCUT2D eigenvalue weighted by atomic mass is 16.2. The Labute approximate surface area is 197 Å². The molecule has 33 heavy (non-hydrogen) atoms. The highest BCUT2D eigenvalue weighted by Crippen LogP contribution is 2.27. The zero-order chi connectivity index (χ0) is 22.9. The molecule has 0 N–H and O–H groups in total. The largest absolute Gasteiger partial charge is 0.339 e. The zero-order valence-corrected chi connectivity index (χ0v) is 19.4. The number of pyridine rings is 1. The molecule has 3 aromatic rings. The van der Waals surface area contributed by atoms with Crippen LogP contribution in [0, 0.1) is 5.92 Å². The van der Waals surface area contributed by atoms with E-state index in [4.69, 9.17) is 0 Å². The van der Waals surface area contributed by atoms with Crippen LogP contribution in [0.1, 0.15) is 29.5 Å². The predicted octanol–water partition coefficient (Wildman–Crippen LogP) is 5.08. The Hall–Kier alpha value is -3.24. The van der Waals surface area contributed by atoms with Crippen molar-refractivity contribution in [3.8, 4) is 0 Å². The second kappa shape index (κ2) is 11.6. The predicted molar refractivity (Wildman–Crippen MR) is 134 cm³/mol. The molecule has 4 nitrogen and oxygen atoms in total. The van der Waals surface area contributed by atoms with E-state index in [1.165, 1.54) is 11.1 Å². The van der Waals surface area contributed by atoms with Gasteiger partial charge >= 0.3 is 0 Å². The SMILES string of the molecule is CN(Cc1ccncc1)C(Cc1ccccc1)C1CCN(C(=O)/C=C/c2ccccc2)CC1. The van der Waals surface area contributed by atoms with E-state index in [1.54, 1.807) is 6.08 Å². The fraction of sp³-hybridized carbons (Fsp3) is 0.310. The normalized spacial score (nSPS) is 15.8. The van der Waals surface area contributed by atoms with Crippen LogP contribution in [-0.2, 0) is 17.8 Å². The molecule has 1 aromatic heterocycles. The van der Waals surface area contributed by atoms with Gasteiger partial charge in [0.05, 0.1) is 0 Å². The van der Waals surface area contributed by atoms with Gasteiger partial charge in [0.2, 0.25) is 5.91 Å². The summed E-state index contributed by atoms with van der Waals surface area (Å²) in [6, 6.07) is 25.4. The third-order valence-electron chi connectivity index (χ3n) is 6.65. The van der Waals surface area contributed by atoms with Gasteiger partial charge in [0.1, 0.15) is 0 Å². The first-order valence-electron chi connectivity index (χ1n) is 11.8. The van der Waals surface area contributed by atoms with Crippen molar-refractivity contribution in [2.75, 3.05) is 20.1 Å². The van der Waals surface area contributed by atoms with Crippen molar-refractivity contribution >= 4 is 12.0 Å².